The van der Waals surface area contributed by atoms with Gasteiger partial charge in [-0.15, -0.1) is 0 Å². The maximum atomic E-state index is 12.6. The van der Waals surface area contributed by atoms with Crippen molar-refractivity contribution in [1.29, 1.82) is 0 Å². The molecule has 0 aliphatic carbocycles. The number of aryl methyl sites for hydroxylation is 1. The summed E-state index contributed by atoms with van der Waals surface area (Å²) in [6, 6.07) is 5.16. The van der Waals surface area contributed by atoms with Crippen LogP contribution < -0.4 is 15.8 Å². The number of nitrogens with zero attached hydrogens (tertiary/aromatic N) is 1. The Morgan fingerprint density at radius 3 is 2.87 bits per heavy atom. The quantitative estimate of drug-likeness (QED) is 0.862. The van der Waals surface area contributed by atoms with Gasteiger partial charge >= 0.3 is 0 Å². The lowest BCUT2D eigenvalue weighted by atomic mass is 10.1. The summed E-state index contributed by atoms with van der Waals surface area (Å²) in [6.07, 6.45) is 1.50. The zero-order valence-corrected chi connectivity index (χ0v) is 14.0. The molecular formula is C17H25N3O3. The maximum Gasteiger partial charge on any atom is 0.247 e. The minimum atomic E-state index is -0.443. The fourth-order valence-electron chi connectivity index (χ4n) is 2.82. The summed E-state index contributed by atoms with van der Waals surface area (Å²) in [5, 5.41) is 2.90. The zero-order valence-electron chi connectivity index (χ0n) is 14.0. The molecule has 2 amide bonds. The molecule has 1 aromatic rings. The molecule has 0 radical (unpaired) electrons. The van der Waals surface area contributed by atoms with Crippen molar-refractivity contribution >= 4 is 17.5 Å². The van der Waals surface area contributed by atoms with Gasteiger partial charge in [0.25, 0.3) is 0 Å². The molecule has 0 spiro atoms. The third-order valence-electron chi connectivity index (χ3n) is 4.23. The van der Waals surface area contributed by atoms with Crippen molar-refractivity contribution < 1.29 is 14.3 Å². The molecule has 0 aromatic heterocycles. The minimum Gasteiger partial charge on any atom is -0.495 e. The molecule has 2 atom stereocenters. The van der Waals surface area contributed by atoms with Crippen LogP contribution in [0.15, 0.2) is 18.2 Å². The van der Waals surface area contributed by atoms with Gasteiger partial charge in [-0.3, -0.25) is 9.59 Å². The summed E-state index contributed by atoms with van der Waals surface area (Å²) in [5.74, 6) is 0.109. The number of nitrogens with one attached hydrogen (secondary N) is 1. The van der Waals surface area contributed by atoms with Gasteiger partial charge in [0.05, 0.1) is 12.8 Å². The predicted molar refractivity (Wildman–Crippen MR) is 89.3 cm³/mol. The lowest BCUT2D eigenvalue weighted by Crippen LogP contribution is -2.46. The molecule has 1 heterocycles. The first-order valence-corrected chi connectivity index (χ1v) is 7.94. The third kappa shape index (κ3) is 3.82. The number of hydrogen-bond acceptors (Lipinski definition) is 4. The minimum absolute atomic E-state index is 0.0543. The topological polar surface area (TPSA) is 84.7 Å². The van der Waals surface area contributed by atoms with Crippen LogP contribution in [0.5, 0.6) is 5.75 Å². The van der Waals surface area contributed by atoms with Gasteiger partial charge in [0, 0.05) is 19.0 Å². The van der Waals surface area contributed by atoms with Crippen molar-refractivity contribution in [3.8, 4) is 5.75 Å². The van der Waals surface area contributed by atoms with Crippen molar-refractivity contribution in [2.75, 3.05) is 25.5 Å². The van der Waals surface area contributed by atoms with Gasteiger partial charge in [-0.2, -0.15) is 0 Å². The number of hydrogen-bond donors (Lipinski definition) is 2. The molecule has 2 rings (SSSR count). The lowest BCUT2D eigenvalue weighted by Gasteiger charge is -2.26. The molecule has 126 valence electrons. The van der Waals surface area contributed by atoms with Gasteiger partial charge < -0.3 is 20.7 Å². The number of carbonyl (C=O) groups is 2. The Morgan fingerprint density at radius 1 is 1.48 bits per heavy atom. The molecule has 0 saturated carbocycles. The van der Waals surface area contributed by atoms with E-state index in [1.807, 2.05) is 25.1 Å². The van der Waals surface area contributed by atoms with Crippen LogP contribution in [-0.4, -0.2) is 43.0 Å². The molecule has 1 saturated heterocycles. The second kappa shape index (κ2) is 7.46. The van der Waals surface area contributed by atoms with Crippen LogP contribution >= 0.6 is 0 Å². The van der Waals surface area contributed by atoms with Crippen LogP contribution in [0.4, 0.5) is 5.69 Å². The number of carbonyl (C=O) groups excluding carboxylic acids is 2. The highest BCUT2D eigenvalue weighted by Crippen LogP contribution is 2.27. The lowest BCUT2D eigenvalue weighted by molar-refractivity contribution is -0.139. The number of likely N-dealkylation sites (tertiary alicyclic amines) is 1. The van der Waals surface area contributed by atoms with Crippen molar-refractivity contribution in [3.63, 3.8) is 0 Å². The molecule has 1 aliphatic rings. The van der Waals surface area contributed by atoms with Gasteiger partial charge in [0.1, 0.15) is 11.8 Å². The van der Waals surface area contributed by atoms with E-state index >= 15 is 0 Å². The van der Waals surface area contributed by atoms with Crippen LogP contribution in [0.25, 0.3) is 0 Å². The fourth-order valence-corrected chi connectivity index (χ4v) is 2.82. The number of ether oxygens (including phenoxy) is 1. The molecule has 1 fully saturated rings. The summed E-state index contributed by atoms with van der Waals surface area (Å²) in [7, 11) is 1.56. The Kier molecular flexibility index (Phi) is 5.60. The fraction of sp³-hybridized carbons (Fsp3) is 0.529. The number of amides is 2. The highest BCUT2D eigenvalue weighted by molar-refractivity contribution is 5.98. The number of anilines is 1. The normalized spacial score (nSPS) is 18.6. The smallest absolute Gasteiger partial charge is 0.247 e. The second-order valence-corrected chi connectivity index (χ2v) is 6.02. The SMILES string of the molecule is COc1ccc(C)cc1NC(=O)C1CCCN1C(=O)C(C)CN. The van der Waals surface area contributed by atoms with Crippen LogP contribution in [0, 0.1) is 12.8 Å². The summed E-state index contributed by atoms with van der Waals surface area (Å²) in [4.78, 5) is 26.6. The standard InChI is InChI=1S/C17H25N3O3/c1-11-6-7-15(23-3)13(9-11)19-16(21)14-5-4-8-20(14)17(22)12(2)10-18/h6-7,9,12,14H,4-5,8,10,18H2,1-3H3,(H,19,21). The van der Waals surface area contributed by atoms with Crippen LogP contribution in [0.3, 0.4) is 0 Å². The van der Waals surface area contributed by atoms with E-state index in [1.54, 1.807) is 18.9 Å². The van der Waals surface area contributed by atoms with Gasteiger partial charge in [-0.25, -0.2) is 0 Å². The molecule has 23 heavy (non-hydrogen) atoms. The number of nitrogens with two attached hydrogens (primary N) is 1. The number of methoxy groups -OCH3 is 1. The van der Waals surface area contributed by atoms with E-state index < -0.39 is 6.04 Å². The van der Waals surface area contributed by atoms with Gasteiger partial charge in [-0.1, -0.05) is 13.0 Å². The highest BCUT2D eigenvalue weighted by Gasteiger charge is 2.35. The second-order valence-electron chi connectivity index (χ2n) is 6.02. The van der Waals surface area contributed by atoms with Crippen molar-refractivity contribution in [2.24, 2.45) is 11.7 Å². The van der Waals surface area contributed by atoms with E-state index in [0.29, 0.717) is 24.4 Å². The van der Waals surface area contributed by atoms with Crippen molar-refractivity contribution in [1.82, 2.24) is 4.90 Å². The largest absolute Gasteiger partial charge is 0.495 e. The summed E-state index contributed by atoms with van der Waals surface area (Å²) < 4.78 is 5.28. The van der Waals surface area contributed by atoms with Crippen LogP contribution in [0.2, 0.25) is 0 Å². The van der Waals surface area contributed by atoms with E-state index in [1.165, 1.54) is 0 Å². The first kappa shape index (κ1) is 17.3. The van der Waals surface area contributed by atoms with Crippen LogP contribution in [-0.2, 0) is 9.59 Å². The van der Waals surface area contributed by atoms with E-state index in [-0.39, 0.29) is 24.3 Å². The number of benzene rings is 1. The van der Waals surface area contributed by atoms with Crippen LogP contribution in [0.1, 0.15) is 25.3 Å². The molecule has 3 N–H and O–H groups in total. The van der Waals surface area contributed by atoms with Gasteiger partial charge in [0.2, 0.25) is 11.8 Å². The molecular weight excluding hydrogens is 294 g/mol. The van der Waals surface area contributed by atoms with Crippen molar-refractivity contribution in [3.05, 3.63) is 23.8 Å². The first-order valence-electron chi connectivity index (χ1n) is 7.94. The van der Waals surface area contributed by atoms with E-state index in [4.69, 9.17) is 10.5 Å². The summed E-state index contributed by atoms with van der Waals surface area (Å²) >= 11 is 0. The average Bonchev–Trinajstić information content (AvgIpc) is 3.03. The van der Waals surface area contributed by atoms with E-state index in [0.717, 1.165) is 12.0 Å². The summed E-state index contributed by atoms with van der Waals surface area (Å²) in [5.41, 5.74) is 7.23. The van der Waals surface area contributed by atoms with E-state index in [9.17, 15) is 9.59 Å². The van der Waals surface area contributed by atoms with Gasteiger partial charge in [-0.05, 0) is 37.5 Å². The molecule has 1 aromatic carbocycles. The average molecular weight is 319 g/mol. The first-order chi connectivity index (χ1) is 11.0. The molecule has 6 heteroatoms. The van der Waals surface area contributed by atoms with Gasteiger partial charge in [0.15, 0.2) is 0 Å². The van der Waals surface area contributed by atoms with Crippen molar-refractivity contribution in [2.45, 2.75) is 32.7 Å². The molecule has 0 bridgehead atoms. The Balaban J connectivity index is 2.14. The molecule has 1 aliphatic heterocycles. The zero-order chi connectivity index (χ0) is 17.0. The third-order valence-corrected chi connectivity index (χ3v) is 4.23. The van der Waals surface area contributed by atoms with E-state index in [2.05, 4.69) is 5.32 Å². The Morgan fingerprint density at radius 2 is 2.22 bits per heavy atom. The number of rotatable bonds is 5. The Hall–Kier alpha value is -2.08. The molecule has 6 nitrogen and oxygen atoms in total. The monoisotopic (exact) mass is 319 g/mol. The highest BCUT2D eigenvalue weighted by atomic mass is 16.5. The Labute approximate surface area is 137 Å². The Bertz CT molecular complexity index is 588. The summed E-state index contributed by atoms with van der Waals surface area (Å²) in [6.45, 7) is 4.63. The molecule has 2 unspecified atom stereocenters. The maximum absolute atomic E-state index is 12.6. The predicted octanol–water partition coefficient (Wildman–Crippen LogP) is 1.53.